The zero-order valence-electron chi connectivity index (χ0n) is 9.37. The zero-order valence-corrected chi connectivity index (χ0v) is 11.7. The number of hydrogen-bond acceptors (Lipinski definition) is 1. The molecule has 0 aromatic rings. The normalized spacial score (nSPS) is 20.2. The Balaban J connectivity index is 4.41. The van der Waals surface area contributed by atoms with Crippen molar-refractivity contribution in [3.63, 3.8) is 0 Å². The van der Waals surface area contributed by atoms with Gasteiger partial charge in [0.05, 0.1) is 5.60 Å². The molecule has 1 nitrogen and oxygen atoms in total. The number of hydrogen-bond donors (Lipinski definition) is 1. The molecule has 0 spiro atoms. The molecule has 0 heterocycles. The van der Waals surface area contributed by atoms with Gasteiger partial charge in [0, 0.05) is 0 Å². The predicted molar refractivity (Wildman–Crippen MR) is 62.9 cm³/mol. The predicted octanol–water partition coefficient (Wildman–Crippen LogP) is 4.60. The van der Waals surface area contributed by atoms with Crippen molar-refractivity contribution in [2.24, 2.45) is 0 Å². The molecule has 0 aromatic heterocycles. The summed E-state index contributed by atoms with van der Waals surface area (Å²) in [6.45, 7) is 3.11. The van der Waals surface area contributed by atoms with E-state index >= 15 is 0 Å². The van der Waals surface area contributed by atoms with Gasteiger partial charge in [-0.05, 0) is 13.3 Å². The van der Waals surface area contributed by atoms with Crippen LogP contribution in [0.4, 0.5) is 13.2 Å². The summed E-state index contributed by atoms with van der Waals surface area (Å²) in [5, 5.41) is 9.78. The fourth-order valence-corrected chi connectivity index (χ4v) is 1.65. The molecule has 0 saturated heterocycles. The third-order valence-electron chi connectivity index (χ3n) is 2.55. The van der Waals surface area contributed by atoms with Gasteiger partial charge in [-0.15, -0.1) is 0 Å². The maximum atomic E-state index is 12.6. The maximum Gasteiger partial charge on any atom is 0.420 e. The minimum Gasteiger partial charge on any atom is -0.387 e. The quantitative estimate of drug-likeness (QED) is 0.559. The Kier molecular flexibility index (Phi) is 6.11. The molecule has 0 amide bonds. The minimum absolute atomic E-state index is 0.0151. The Hall–Kier alpha value is 0.520. The van der Waals surface area contributed by atoms with Crippen LogP contribution in [0.2, 0.25) is 0 Å². The molecular weight excluding hydrogens is 308 g/mol. The molecule has 2 unspecified atom stereocenters. The van der Waals surface area contributed by atoms with Crippen molar-refractivity contribution < 1.29 is 18.3 Å². The lowest BCUT2D eigenvalue weighted by Gasteiger charge is -2.37. The first-order valence-corrected chi connectivity index (χ1v) is 6.40. The van der Waals surface area contributed by atoms with Crippen LogP contribution in [0.1, 0.15) is 46.0 Å². The highest BCUT2D eigenvalue weighted by Crippen LogP contribution is 2.50. The first-order chi connectivity index (χ1) is 7.06. The first-order valence-electron chi connectivity index (χ1n) is 5.23. The molecule has 2 atom stereocenters. The zero-order chi connectivity index (χ0) is 13.0. The van der Waals surface area contributed by atoms with Crippen molar-refractivity contribution in [3.05, 3.63) is 0 Å². The second-order valence-electron chi connectivity index (χ2n) is 4.16. The van der Waals surface area contributed by atoms with E-state index in [1.54, 1.807) is 0 Å². The molecule has 1 N–H and O–H groups in total. The molecule has 0 bridgehead atoms. The van der Waals surface area contributed by atoms with Gasteiger partial charge in [-0.2, -0.15) is 13.2 Å². The lowest BCUT2D eigenvalue weighted by atomic mass is 9.93. The second kappa shape index (κ2) is 5.91. The van der Waals surface area contributed by atoms with E-state index in [1.165, 1.54) is 0 Å². The first kappa shape index (κ1) is 16.5. The van der Waals surface area contributed by atoms with Crippen LogP contribution in [0.5, 0.6) is 0 Å². The van der Waals surface area contributed by atoms with E-state index < -0.39 is 15.6 Å². The standard InChI is InChI=1S/C10H17BrClF3O/c1-3-4-5-6-7-8(2,16)9(11,12)10(13,14)15/h16H,3-7H2,1-2H3. The molecule has 0 rings (SSSR count). The fraction of sp³-hybridized carbons (Fsp3) is 1.00. The average molecular weight is 326 g/mol. The van der Waals surface area contributed by atoms with E-state index in [1.807, 2.05) is 6.92 Å². The van der Waals surface area contributed by atoms with E-state index in [4.69, 9.17) is 11.6 Å². The van der Waals surface area contributed by atoms with Crippen LogP contribution in [0.15, 0.2) is 0 Å². The summed E-state index contributed by atoms with van der Waals surface area (Å²) in [6.07, 6.45) is -1.42. The van der Waals surface area contributed by atoms with E-state index in [-0.39, 0.29) is 6.42 Å². The number of alkyl halides is 5. The van der Waals surface area contributed by atoms with Crippen LogP contribution in [-0.2, 0) is 0 Å². The summed E-state index contributed by atoms with van der Waals surface area (Å²) in [6, 6.07) is 0. The monoisotopic (exact) mass is 324 g/mol. The molecule has 0 aliphatic rings. The highest BCUT2D eigenvalue weighted by atomic mass is 79.9. The molecule has 0 aromatic carbocycles. The molecule has 0 aliphatic carbocycles. The third kappa shape index (κ3) is 4.08. The van der Waals surface area contributed by atoms with E-state index in [0.717, 1.165) is 26.2 Å². The van der Waals surface area contributed by atoms with Gasteiger partial charge in [-0.3, -0.25) is 0 Å². The maximum absolute atomic E-state index is 12.6. The van der Waals surface area contributed by atoms with Gasteiger partial charge in [0.15, 0.2) is 0 Å². The molecule has 0 fully saturated rings. The van der Waals surface area contributed by atoms with Gasteiger partial charge >= 0.3 is 6.18 Å². The van der Waals surface area contributed by atoms with Crippen molar-refractivity contribution in [3.8, 4) is 0 Å². The molecule has 0 radical (unpaired) electrons. The van der Waals surface area contributed by atoms with E-state index in [9.17, 15) is 18.3 Å². The Morgan fingerprint density at radius 2 is 1.69 bits per heavy atom. The third-order valence-corrected chi connectivity index (χ3v) is 4.47. The van der Waals surface area contributed by atoms with Crippen molar-refractivity contribution in [2.45, 2.75) is 61.5 Å². The van der Waals surface area contributed by atoms with Crippen molar-refractivity contribution in [2.75, 3.05) is 0 Å². The Morgan fingerprint density at radius 3 is 2.06 bits per heavy atom. The van der Waals surface area contributed by atoms with Crippen LogP contribution in [0, 0.1) is 0 Å². The van der Waals surface area contributed by atoms with Crippen LogP contribution in [0.3, 0.4) is 0 Å². The summed E-state index contributed by atoms with van der Waals surface area (Å²) < 4.78 is 34.9. The Labute approximate surface area is 107 Å². The molecule has 98 valence electrons. The number of halogens is 5. The number of aliphatic hydroxyl groups is 1. The van der Waals surface area contributed by atoms with Crippen molar-refractivity contribution in [1.82, 2.24) is 0 Å². The highest BCUT2D eigenvalue weighted by Gasteiger charge is 2.62. The van der Waals surface area contributed by atoms with Gasteiger partial charge in [0.25, 0.3) is 0 Å². The summed E-state index contributed by atoms with van der Waals surface area (Å²) in [5.74, 6) is 0. The summed E-state index contributed by atoms with van der Waals surface area (Å²) in [4.78, 5) is 0. The summed E-state index contributed by atoms with van der Waals surface area (Å²) >= 11 is 7.74. The second-order valence-corrected chi connectivity index (χ2v) is 6.37. The van der Waals surface area contributed by atoms with Crippen molar-refractivity contribution >= 4 is 27.5 Å². The van der Waals surface area contributed by atoms with Crippen LogP contribution >= 0.6 is 27.5 Å². The highest BCUT2D eigenvalue weighted by molar-refractivity contribution is 9.10. The lowest BCUT2D eigenvalue weighted by molar-refractivity contribution is -0.178. The largest absolute Gasteiger partial charge is 0.420 e. The number of rotatable bonds is 6. The van der Waals surface area contributed by atoms with Crippen LogP contribution < -0.4 is 0 Å². The SMILES string of the molecule is CCCCCCC(C)(O)C(Cl)(Br)C(F)(F)F. The van der Waals surface area contributed by atoms with Crippen molar-refractivity contribution in [1.29, 1.82) is 0 Å². The smallest absolute Gasteiger partial charge is 0.387 e. The van der Waals surface area contributed by atoms with Gasteiger partial charge < -0.3 is 5.11 Å². The Bertz CT molecular complexity index is 217. The van der Waals surface area contributed by atoms with Gasteiger partial charge in [0.2, 0.25) is 3.78 Å². The average Bonchev–Trinajstić information content (AvgIpc) is 2.10. The summed E-state index contributed by atoms with van der Waals surface area (Å²) in [7, 11) is 0. The molecule has 6 heteroatoms. The summed E-state index contributed by atoms with van der Waals surface area (Å²) in [5.41, 5.74) is -2.01. The van der Waals surface area contributed by atoms with E-state index in [0.29, 0.717) is 6.42 Å². The van der Waals surface area contributed by atoms with Crippen LogP contribution in [-0.4, -0.2) is 20.7 Å². The minimum atomic E-state index is -4.69. The topological polar surface area (TPSA) is 20.2 Å². The Morgan fingerprint density at radius 1 is 1.19 bits per heavy atom. The van der Waals surface area contributed by atoms with Gasteiger partial charge in [0.1, 0.15) is 0 Å². The lowest BCUT2D eigenvalue weighted by Crippen LogP contribution is -2.53. The van der Waals surface area contributed by atoms with Crippen LogP contribution in [0.25, 0.3) is 0 Å². The molecular formula is C10H17BrClF3O. The van der Waals surface area contributed by atoms with Gasteiger partial charge in [-0.1, -0.05) is 60.1 Å². The fourth-order valence-electron chi connectivity index (χ4n) is 1.36. The molecule has 0 saturated carbocycles. The molecule has 0 aliphatic heterocycles. The van der Waals surface area contributed by atoms with E-state index in [2.05, 4.69) is 15.9 Å². The molecule has 16 heavy (non-hydrogen) atoms. The van der Waals surface area contributed by atoms with Gasteiger partial charge in [-0.25, -0.2) is 0 Å². The number of unbranched alkanes of at least 4 members (excludes halogenated alkanes) is 3.